The second kappa shape index (κ2) is 5.97. The van der Waals surface area contributed by atoms with Crippen LogP contribution in [0.1, 0.15) is 19.2 Å². The first-order chi connectivity index (χ1) is 8.31. The number of nitrogens with one attached hydrogen (secondary N) is 1. The number of nitrogens with zero attached hydrogens (tertiary/aromatic N) is 2. The lowest BCUT2D eigenvalue weighted by Crippen LogP contribution is -2.17. The Morgan fingerprint density at radius 3 is 2.94 bits per heavy atom. The van der Waals surface area contributed by atoms with Crippen LogP contribution in [0.25, 0.3) is 11.5 Å². The van der Waals surface area contributed by atoms with Gasteiger partial charge >= 0.3 is 0 Å². The molecule has 0 bridgehead atoms. The van der Waals surface area contributed by atoms with Crippen molar-refractivity contribution in [2.75, 3.05) is 13.1 Å². The predicted octanol–water partition coefficient (Wildman–Crippen LogP) is 2.63. The van der Waals surface area contributed by atoms with Crippen LogP contribution in [0.3, 0.4) is 0 Å². The van der Waals surface area contributed by atoms with Crippen molar-refractivity contribution in [1.82, 2.24) is 15.5 Å². The van der Waals surface area contributed by atoms with E-state index in [0.29, 0.717) is 16.5 Å². The molecule has 0 saturated carbocycles. The molecule has 0 aliphatic rings. The highest BCUT2D eigenvalue weighted by Crippen LogP contribution is 2.27. The third kappa shape index (κ3) is 3.17. The van der Waals surface area contributed by atoms with Crippen LogP contribution in [-0.2, 0) is 6.42 Å². The zero-order valence-electron chi connectivity index (χ0n) is 9.57. The van der Waals surface area contributed by atoms with E-state index in [9.17, 15) is 0 Å². The second-order valence-corrected chi connectivity index (χ2v) is 4.33. The molecule has 2 heterocycles. The van der Waals surface area contributed by atoms with Crippen LogP contribution in [0.15, 0.2) is 25.8 Å². The molecule has 6 heteroatoms. The fourth-order valence-corrected chi connectivity index (χ4v) is 1.82. The van der Waals surface area contributed by atoms with Gasteiger partial charge in [-0.05, 0) is 35.0 Å². The van der Waals surface area contributed by atoms with Crippen molar-refractivity contribution in [1.29, 1.82) is 0 Å². The van der Waals surface area contributed by atoms with Gasteiger partial charge in [0.05, 0.1) is 11.8 Å². The fraction of sp³-hybridized carbons (Fsp3) is 0.455. The summed E-state index contributed by atoms with van der Waals surface area (Å²) >= 11 is 3.28. The van der Waals surface area contributed by atoms with Gasteiger partial charge in [0.2, 0.25) is 5.89 Å². The first kappa shape index (κ1) is 12.3. The minimum Gasteiger partial charge on any atom is -0.457 e. The van der Waals surface area contributed by atoms with Crippen molar-refractivity contribution in [2.24, 2.45) is 0 Å². The molecule has 2 aromatic heterocycles. The van der Waals surface area contributed by atoms with Gasteiger partial charge in [0.25, 0.3) is 5.89 Å². The van der Waals surface area contributed by atoms with Gasteiger partial charge in [0.1, 0.15) is 0 Å². The average molecular weight is 300 g/mol. The van der Waals surface area contributed by atoms with Crippen molar-refractivity contribution in [3.63, 3.8) is 0 Å². The molecule has 17 heavy (non-hydrogen) atoms. The molecule has 2 aromatic rings. The SMILES string of the molecule is CCCNCCc1nnc(-c2ccoc2Br)o1. The molecule has 0 radical (unpaired) electrons. The maximum atomic E-state index is 5.54. The normalized spacial score (nSPS) is 10.9. The van der Waals surface area contributed by atoms with Crippen molar-refractivity contribution in [2.45, 2.75) is 19.8 Å². The summed E-state index contributed by atoms with van der Waals surface area (Å²) in [5.74, 6) is 1.12. The summed E-state index contributed by atoms with van der Waals surface area (Å²) < 4.78 is 11.3. The van der Waals surface area contributed by atoms with Crippen LogP contribution in [-0.4, -0.2) is 23.3 Å². The third-order valence-electron chi connectivity index (χ3n) is 2.26. The summed E-state index contributed by atoms with van der Waals surface area (Å²) in [6.07, 6.45) is 3.44. The third-order valence-corrected chi connectivity index (χ3v) is 2.87. The molecule has 5 nitrogen and oxygen atoms in total. The Hall–Kier alpha value is -1.14. The lowest BCUT2D eigenvalue weighted by molar-refractivity contribution is 0.491. The molecule has 0 unspecified atom stereocenters. The lowest BCUT2D eigenvalue weighted by Gasteiger charge is -1.98. The van der Waals surface area contributed by atoms with Crippen molar-refractivity contribution >= 4 is 15.9 Å². The lowest BCUT2D eigenvalue weighted by atomic mass is 10.3. The minimum atomic E-state index is 0.483. The van der Waals surface area contributed by atoms with Crippen LogP contribution in [0.2, 0.25) is 0 Å². The van der Waals surface area contributed by atoms with Gasteiger partial charge < -0.3 is 14.2 Å². The molecule has 0 spiro atoms. The van der Waals surface area contributed by atoms with Crippen LogP contribution in [0, 0.1) is 0 Å². The van der Waals surface area contributed by atoms with E-state index in [1.807, 2.05) is 0 Å². The van der Waals surface area contributed by atoms with E-state index in [1.54, 1.807) is 12.3 Å². The second-order valence-electron chi connectivity index (χ2n) is 3.61. The van der Waals surface area contributed by atoms with Gasteiger partial charge in [-0.1, -0.05) is 6.92 Å². The molecule has 0 aromatic carbocycles. The number of furan rings is 1. The Labute approximate surface area is 108 Å². The quantitative estimate of drug-likeness (QED) is 0.831. The molecule has 0 aliphatic carbocycles. The Balaban J connectivity index is 1.95. The minimum absolute atomic E-state index is 0.483. The Bertz CT molecular complexity index is 467. The van der Waals surface area contributed by atoms with E-state index >= 15 is 0 Å². The first-order valence-electron chi connectivity index (χ1n) is 5.57. The largest absolute Gasteiger partial charge is 0.457 e. The maximum Gasteiger partial charge on any atom is 0.252 e. The molecular weight excluding hydrogens is 286 g/mol. The number of rotatable bonds is 6. The summed E-state index contributed by atoms with van der Waals surface area (Å²) in [6, 6.07) is 1.79. The zero-order chi connectivity index (χ0) is 12.1. The summed E-state index contributed by atoms with van der Waals surface area (Å²) in [6.45, 7) is 3.99. The molecular formula is C11H14BrN3O2. The molecule has 2 rings (SSSR count). The van der Waals surface area contributed by atoms with E-state index in [-0.39, 0.29) is 0 Å². The Kier molecular flexibility index (Phi) is 4.33. The Morgan fingerprint density at radius 1 is 1.35 bits per heavy atom. The number of hydrogen-bond donors (Lipinski definition) is 1. The predicted molar refractivity (Wildman–Crippen MR) is 66.6 cm³/mol. The van der Waals surface area contributed by atoms with Gasteiger partial charge in [-0.3, -0.25) is 0 Å². The first-order valence-corrected chi connectivity index (χ1v) is 6.37. The van der Waals surface area contributed by atoms with E-state index in [1.165, 1.54) is 0 Å². The van der Waals surface area contributed by atoms with Crippen LogP contribution in [0.4, 0.5) is 0 Å². The molecule has 0 atom stereocenters. The van der Waals surface area contributed by atoms with Gasteiger partial charge in [0, 0.05) is 13.0 Å². The fourth-order valence-electron chi connectivity index (χ4n) is 1.41. The summed E-state index contributed by atoms with van der Waals surface area (Å²) in [5, 5.41) is 11.3. The van der Waals surface area contributed by atoms with Gasteiger partial charge in [-0.25, -0.2) is 0 Å². The van der Waals surface area contributed by atoms with Crippen molar-refractivity contribution < 1.29 is 8.83 Å². The molecule has 0 fully saturated rings. The standard InChI is InChI=1S/C11H14BrN3O2/c1-2-5-13-6-3-9-14-15-11(17-9)8-4-7-16-10(8)12/h4,7,13H,2-3,5-6H2,1H3. The highest BCUT2D eigenvalue weighted by Gasteiger charge is 2.13. The van der Waals surface area contributed by atoms with Crippen molar-refractivity contribution in [3.8, 4) is 11.5 Å². The summed E-state index contributed by atoms with van der Waals surface area (Å²) in [5.41, 5.74) is 0.783. The number of aromatic nitrogens is 2. The molecule has 0 saturated heterocycles. The maximum absolute atomic E-state index is 5.54. The highest BCUT2D eigenvalue weighted by molar-refractivity contribution is 9.10. The Morgan fingerprint density at radius 2 is 2.24 bits per heavy atom. The monoisotopic (exact) mass is 299 g/mol. The van der Waals surface area contributed by atoms with E-state index in [0.717, 1.165) is 31.5 Å². The van der Waals surface area contributed by atoms with Gasteiger partial charge in [-0.2, -0.15) is 0 Å². The van der Waals surface area contributed by atoms with E-state index < -0.39 is 0 Å². The van der Waals surface area contributed by atoms with Gasteiger partial charge in [0.15, 0.2) is 4.67 Å². The molecule has 1 N–H and O–H groups in total. The van der Waals surface area contributed by atoms with Crippen molar-refractivity contribution in [3.05, 3.63) is 22.9 Å². The van der Waals surface area contributed by atoms with E-state index in [2.05, 4.69) is 38.4 Å². The van der Waals surface area contributed by atoms with Crippen LogP contribution in [0.5, 0.6) is 0 Å². The smallest absolute Gasteiger partial charge is 0.252 e. The van der Waals surface area contributed by atoms with E-state index in [4.69, 9.17) is 8.83 Å². The van der Waals surface area contributed by atoms with Crippen LogP contribution < -0.4 is 5.32 Å². The summed E-state index contributed by atoms with van der Waals surface area (Å²) in [4.78, 5) is 0. The number of hydrogen-bond acceptors (Lipinski definition) is 5. The number of halogens is 1. The van der Waals surface area contributed by atoms with Crippen LogP contribution >= 0.6 is 15.9 Å². The average Bonchev–Trinajstić information content (AvgIpc) is 2.93. The zero-order valence-corrected chi connectivity index (χ0v) is 11.2. The summed E-state index contributed by atoms with van der Waals surface area (Å²) in [7, 11) is 0. The van der Waals surface area contributed by atoms with Gasteiger partial charge in [-0.15, -0.1) is 10.2 Å². The molecule has 0 amide bonds. The highest BCUT2D eigenvalue weighted by atomic mass is 79.9. The topological polar surface area (TPSA) is 64.1 Å². The molecule has 0 aliphatic heterocycles. The molecule has 92 valence electrons.